The van der Waals surface area contributed by atoms with Gasteiger partial charge in [-0.15, -0.1) is 0 Å². The van der Waals surface area contributed by atoms with E-state index >= 15 is 0 Å². The highest BCUT2D eigenvalue weighted by atomic mass is 32.2. The average molecular weight is 261 g/mol. The quantitative estimate of drug-likeness (QED) is 0.788. The van der Waals surface area contributed by atoms with Gasteiger partial charge < -0.3 is 0 Å². The maximum absolute atomic E-state index is 14.9. The number of aromatic nitrogens is 1. The Hall–Kier alpha value is -1.68. The molecule has 0 aliphatic heterocycles. The maximum Gasteiger partial charge on any atom is 0.259 e. The highest BCUT2D eigenvalue weighted by molar-refractivity contribution is 8.00. The molecule has 4 heteroatoms. The van der Waals surface area contributed by atoms with Gasteiger partial charge in [-0.25, -0.2) is 4.39 Å². The van der Waals surface area contributed by atoms with Gasteiger partial charge in [0.25, 0.3) is 5.00 Å². The number of carbonyl (C=O) groups is 1. The smallest absolute Gasteiger partial charge is 0.259 e. The summed E-state index contributed by atoms with van der Waals surface area (Å²) in [5.74, 6) is -0.560. The Labute approximate surface area is 109 Å². The van der Waals surface area contributed by atoms with E-state index < -0.39 is 10.8 Å². The van der Waals surface area contributed by atoms with Crippen molar-refractivity contribution < 1.29 is 9.18 Å². The number of halogens is 1. The van der Waals surface area contributed by atoms with E-state index in [2.05, 4.69) is 4.98 Å². The second kappa shape index (κ2) is 5.31. The zero-order chi connectivity index (χ0) is 13.0. The summed E-state index contributed by atoms with van der Waals surface area (Å²) in [6.07, 6.45) is 1.48. The van der Waals surface area contributed by atoms with Crippen LogP contribution in [0.25, 0.3) is 0 Å². The molecule has 0 saturated heterocycles. The van der Waals surface area contributed by atoms with Gasteiger partial charge in [0.2, 0.25) is 0 Å². The first-order valence-corrected chi connectivity index (χ1v) is 6.30. The third-order valence-corrected chi connectivity index (χ3v) is 3.73. The number of alkyl halides is 1. The van der Waals surface area contributed by atoms with Crippen LogP contribution in [0, 0.1) is 0 Å². The fraction of sp³-hybridized carbons (Fsp3) is 0.143. The van der Waals surface area contributed by atoms with Crippen LogP contribution in [-0.4, -0.2) is 10.8 Å². The summed E-state index contributed by atoms with van der Waals surface area (Å²) in [5, 5.41) is -2.14. The molecule has 0 saturated carbocycles. The largest absolute Gasteiger partial charge is 0.295 e. The second-order valence-corrected chi connectivity index (χ2v) is 5.02. The molecule has 92 valence electrons. The molecule has 1 unspecified atom stereocenters. The summed E-state index contributed by atoms with van der Waals surface area (Å²) in [6, 6.07) is 13.9. The molecule has 18 heavy (non-hydrogen) atoms. The lowest BCUT2D eigenvalue weighted by molar-refractivity contribution is -0.123. The van der Waals surface area contributed by atoms with Gasteiger partial charge in [-0.05, 0) is 31.2 Å². The predicted octanol–water partition coefficient (Wildman–Crippen LogP) is 3.59. The first-order valence-electron chi connectivity index (χ1n) is 5.48. The van der Waals surface area contributed by atoms with Crippen molar-refractivity contribution in [1.82, 2.24) is 4.98 Å². The second-order valence-electron chi connectivity index (χ2n) is 3.78. The lowest BCUT2D eigenvalue weighted by Crippen LogP contribution is -2.26. The van der Waals surface area contributed by atoms with E-state index in [1.54, 1.807) is 36.4 Å². The molecule has 0 aliphatic carbocycles. The summed E-state index contributed by atoms with van der Waals surface area (Å²) >= 11 is 0.874. The molecule has 0 fully saturated rings. The van der Waals surface area contributed by atoms with Crippen LogP contribution in [0.1, 0.15) is 12.6 Å². The molecule has 0 aliphatic rings. The van der Waals surface area contributed by atoms with Crippen molar-refractivity contribution in [2.24, 2.45) is 0 Å². The number of carbonyl (C=O) groups excluding carboxylic acids is 1. The number of hydrogen-bond acceptors (Lipinski definition) is 3. The summed E-state index contributed by atoms with van der Waals surface area (Å²) in [7, 11) is 0. The van der Waals surface area contributed by atoms with Crippen LogP contribution in [0.5, 0.6) is 0 Å². The average Bonchev–Trinajstić information content (AvgIpc) is 2.40. The lowest BCUT2D eigenvalue weighted by Gasteiger charge is -2.21. The number of hydrogen-bond donors (Lipinski definition) is 0. The lowest BCUT2D eigenvalue weighted by atomic mass is 10.2. The number of rotatable bonds is 4. The van der Waals surface area contributed by atoms with Crippen molar-refractivity contribution in [1.29, 1.82) is 0 Å². The van der Waals surface area contributed by atoms with Crippen molar-refractivity contribution >= 4 is 17.5 Å². The Morgan fingerprint density at radius 1 is 1.17 bits per heavy atom. The van der Waals surface area contributed by atoms with E-state index in [-0.39, 0.29) is 5.69 Å². The highest BCUT2D eigenvalue weighted by Crippen LogP contribution is 2.42. The van der Waals surface area contributed by atoms with Gasteiger partial charge in [0, 0.05) is 11.1 Å². The van der Waals surface area contributed by atoms with Crippen molar-refractivity contribution in [3.05, 3.63) is 60.4 Å². The van der Waals surface area contributed by atoms with Gasteiger partial charge >= 0.3 is 0 Å². The van der Waals surface area contributed by atoms with E-state index in [0.29, 0.717) is 4.90 Å². The zero-order valence-corrected chi connectivity index (χ0v) is 10.7. The fourth-order valence-electron chi connectivity index (χ4n) is 1.51. The molecular weight excluding hydrogens is 249 g/mol. The SMILES string of the molecule is CC(=O)C(F)(Sc1ccccc1)c1ccccn1. The Morgan fingerprint density at radius 3 is 2.39 bits per heavy atom. The van der Waals surface area contributed by atoms with Crippen LogP contribution in [0.2, 0.25) is 0 Å². The number of ketones is 1. The number of benzene rings is 1. The van der Waals surface area contributed by atoms with Crippen molar-refractivity contribution in [2.45, 2.75) is 16.8 Å². The third-order valence-electron chi connectivity index (χ3n) is 2.45. The summed E-state index contributed by atoms with van der Waals surface area (Å²) < 4.78 is 14.9. The van der Waals surface area contributed by atoms with Crippen LogP contribution in [-0.2, 0) is 9.80 Å². The molecule has 1 aromatic heterocycles. The highest BCUT2D eigenvalue weighted by Gasteiger charge is 2.40. The van der Waals surface area contributed by atoms with Gasteiger partial charge in [0.1, 0.15) is 0 Å². The van der Waals surface area contributed by atoms with E-state index in [1.807, 2.05) is 6.07 Å². The number of pyridine rings is 1. The summed E-state index contributed by atoms with van der Waals surface area (Å²) in [4.78, 5) is 16.3. The summed E-state index contributed by atoms with van der Waals surface area (Å²) in [5.41, 5.74) is 0.131. The minimum atomic E-state index is -2.14. The van der Waals surface area contributed by atoms with Gasteiger partial charge in [-0.3, -0.25) is 9.78 Å². The Morgan fingerprint density at radius 2 is 1.83 bits per heavy atom. The molecule has 1 heterocycles. The standard InChI is InChI=1S/C14H12FNOS/c1-11(17)14(15,13-9-5-6-10-16-13)18-12-7-3-2-4-8-12/h2-10H,1H3. The summed E-state index contributed by atoms with van der Waals surface area (Å²) in [6.45, 7) is 1.24. The Kier molecular flexibility index (Phi) is 3.77. The van der Waals surface area contributed by atoms with E-state index in [0.717, 1.165) is 11.8 Å². The molecule has 2 nitrogen and oxygen atoms in total. The van der Waals surface area contributed by atoms with Gasteiger partial charge in [0.15, 0.2) is 5.78 Å². The van der Waals surface area contributed by atoms with Crippen LogP contribution >= 0.6 is 11.8 Å². The molecule has 0 spiro atoms. The molecule has 0 radical (unpaired) electrons. The molecule has 2 rings (SSSR count). The first-order chi connectivity index (χ1) is 8.63. The zero-order valence-electron chi connectivity index (χ0n) is 9.84. The van der Waals surface area contributed by atoms with Gasteiger partial charge in [0.05, 0.1) is 5.69 Å². The van der Waals surface area contributed by atoms with E-state index in [1.165, 1.54) is 19.2 Å². The molecule has 1 aromatic carbocycles. The maximum atomic E-state index is 14.9. The Balaban J connectivity index is 2.37. The molecule has 1 atom stereocenters. The molecular formula is C14H12FNOS. The van der Waals surface area contributed by atoms with Crippen molar-refractivity contribution in [3.63, 3.8) is 0 Å². The van der Waals surface area contributed by atoms with Crippen molar-refractivity contribution in [2.75, 3.05) is 0 Å². The fourth-order valence-corrected chi connectivity index (χ4v) is 2.50. The molecule has 0 amide bonds. The monoisotopic (exact) mass is 261 g/mol. The topological polar surface area (TPSA) is 30.0 Å². The van der Waals surface area contributed by atoms with E-state index in [4.69, 9.17) is 0 Å². The molecule has 0 N–H and O–H groups in total. The molecule has 0 bridgehead atoms. The van der Waals surface area contributed by atoms with Gasteiger partial charge in [-0.1, -0.05) is 36.0 Å². The minimum Gasteiger partial charge on any atom is -0.295 e. The first kappa shape index (κ1) is 12.8. The Bertz CT molecular complexity index is 532. The van der Waals surface area contributed by atoms with Crippen LogP contribution in [0.15, 0.2) is 59.6 Å². The predicted molar refractivity (Wildman–Crippen MR) is 70.0 cm³/mol. The van der Waals surface area contributed by atoms with Gasteiger partial charge in [-0.2, -0.15) is 0 Å². The van der Waals surface area contributed by atoms with Crippen LogP contribution < -0.4 is 0 Å². The number of Topliss-reactive ketones (excluding diaryl/α,β-unsaturated/α-hetero) is 1. The van der Waals surface area contributed by atoms with E-state index in [9.17, 15) is 9.18 Å². The normalized spacial score (nSPS) is 13.9. The minimum absolute atomic E-state index is 0.131. The molecule has 2 aromatic rings. The number of nitrogens with zero attached hydrogens (tertiary/aromatic N) is 1. The van der Waals surface area contributed by atoms with Crippen LogP contribution in [0.3, 0.4) is 0 Å². The van der Waals surface area contributed by atoms with Crippen LogP contribution in [0.4, 0.5) is 4.39 Å². The number of thioether (sulfide) groups is 1. The third kappa shape index (κ3) is 2.59. The van der Waals surface area contributed by atoms with Crippen molar-refractivity contribution in [3.8, 4) is 0 Å².